The second-order valence-corrected chi connectivity index (χ2v) is 4.93. The van der Waals surface area contributed by atoms with Gasteiger partial charge in [-0.05, 0) is 25.0 Å². The Morgan fingerprint density at radius 1 is 1.33 bits per heavy atom. The first-order chi connectivity index (χ1) is 8.61. The molecule has 0 unspecified atom stereocenters. The number of anilines is 1. The zero-order valence-corrected chi connectivity index (χ0v) is 12.0. The van der Waals surface area contributed by atoms with E-state index in [9.17, 15) is 4.79 Å². The van der Waals surface area contributed by atoms with Crippen LogP contribution in [-0.2, 0) is 4.79 Å². The molecule has 0 fully saturated rings. The molecule has 0 atom stereocenters. The summed E-state index contributed by atoms with van der Waals surface area (Å²) in [5.74, 6) is 0.0810. The summed E-state index contributed by atoms with van der Waals surface area (Å²) in [5, 5.41) is 11.8. The molecule has 18 heavy (non-hydrogen) atoms. The lowest BCUT2D eigenvalue weighted by molar-refractivity contribution is -0.137. The van der Waals surface area contributed by atoms with E-state index in [0.717, 1.165) is 41.7 Å². The third-order valence-corrected chi connectivity index (χ3v) is 2.96. The maximum absolute atomic E-state index is 10.3. The average Bonchev–Trinajstić information content (AvgIpc) is 2.32. The number of nitrogens with one attached hydrogen (secondary N) is 1. The van der Waals surface area contributed by atoms with Crippen LogP contribution < -0.4 is 10.1 Å². The van der Waals surface area contributed by atoms with Gasteiger partial charge in [-0.1, -0.05) is 22.4 Å². The molecule has 2 N–H and O–H groups in total. The van der Waals surface area contributed by atoms with Crippen molar-refractivity contribution in [3.05, 3.63) is 22.7 Å². The Hall–Kier alpha value is -1.23. The summed E-state index contributed by atoms with van der Waals surface area (Å²) >= 11 is 3.42. The van der Waals surface area contributed by atoms with E-state index in [1.165, 1.54) is 0 Å². The standard InChI is InChI=1S/C13H18BrNO3/c1-18-12-8-10(14)7-11(9-12)15-6-4-2-3-5-13(16)17/h7-9,15H,2-6H2,1H3,(H,16,17). The highest BCUT2D eigenvalue weighted by molar-refractivity contribution is 9.10. The predicted molar refractivity (Wildman–Crippen MR) is 75.3 cm³/mol. The molecule has 0 heterocycles. The molecule has 1 aromatic rings. The van der Waals surface area contributed by atoms with E-state index in [1.807, 2.05) is 18.2 Å². The number of methoxy groups -OCH3 is 1. The topological polar surface area (TPSA) is 58.6 Å². The SMILES string of the molecule is COc1cc(Br)cc(NCCCCCC(=O)O)c1. The number of aliphatic carboxylic acids is 1. The Bertz CT molecular complexity index is 396. The van der Waals surface area contributed by atoms with E-state index in [-0.39, 0.29) is 6.42 Å². The number of benzene rings is 1. The van der Waals surface area contributed by atoms with Crippen LogP contribution >= 0.6 is 15.9 Å². The number of carbonyl (C=O) groups is 1. The quantitative estimate of drug-likeness (QED) is 0.721. The van der Waals surface area contributed by atoms with Crippen LogP contribution in [0.1, 0.15) is 25.7 Å². The third kappa shape index (κ3) is 5.91. The molecule has 1 rings (SSSR count). The molecule has 0 bridgehead atoms. The molecule has 0 radical (unpaired) electrons. The van der Waals surface area contributed by atoms with Crippen molar-refractivity contribution in [3.8, 4) is 5.75 Å². The Morgan fingerprint density at radius 2 is 2.11 bits per heavy atom. The van der Waals surface area contributed by atoms with Crippen molar-refractivity contribution < 1.29 is 14.6 Å². The first kappa shape index (κ1) is 14.8. The minimum Gasteiger partial charge on any atom is -0.497 e. The molecule has 0 saturated carbocycles. The molecule has 0 aliphatic carbocycles. The van der Waals surface area contributed by atoms with Crippen LogP contribution in [0, 0.1) is 0 Å². The number of hydrogen-bond donors (Lipinski definition) is 2. The van der Waals surface area contributed by atoms with E-state index < -0.39 is 5.97 Å². The normalized spacial score (nSPS) is 10.1. The maximum atomic E-state index is 10.3. The molecular formula is C13H18BrNO3. The molecular weight excluding hydrogens is 298 g/mol. The van der Waals surface area contributed by atoms with Gasteiger partial charge in [-0.2, -0.15) is 0 Å². The van der Waals surface area contributed by atoms with Crippen LogP contribution in [0.4, 0.5) is 5.69 Å². The second-order valence-electron chi connectivity index (χ2n) is 4.01. The summed E-state index contributed by atoms with van der Waals surface area (Å²) < 4.78 is 6.14. The molecule has 5 heteroatoms. The van der Waals surface area contributed by atoms with Crippen LogP contribution in [-0.4, -0.2) is 24.7 Å². The van der Waals surface area contributed by atoms with Crippen molar-refractivity contribution in [2.45, 2.75) is 25.7 Å². The van der Waals surface area contributed by atoms with Crippen LogP contribution in [0.15, 0.2) is 22.7 Å². The van der Waals surface area contributed by atoms with E-state index >= 15 is 0 Å². The predicted octanol–water partition coefficient (Wildman–Crippen LogP) is 3.51. The minimum atomic E-state index is -0.723. The Labute approximate surface area is 115 Å². The monoisotopic (exact) mass is 315 g/mol. The van der Waals surface area contributed by atoms with Crippen molar-refractivity contribution in [1.82, 2.24) is 0 Å². The van der Waals surface area contributed by atoms with Gasteiger partial charge >= 0.3 is 5.97 Å². The third-order valence-electron chi connectivity index (χ3n) is 2.50. The summed E-state index contributed by atoms with van der Waals surface area (Å²) in [7, 11) is 1.64. The number of carboxylic acid groups (broad SMARTS) is 1. The fourth-order valence-corrected chi connectivity index (χ4v) is 2.07. The minimum absolute atomic E-state index is 0.255. The Morgan fingerprint density at radius 3 is 2.78 bits per heavy atom. The lowest BCUT2D eigenvalue weighted by Crippen LogP contribution is -2.02. The molecule has 0 spiro atoms. The zero-order valence-electron chi connectivity index (χ0n) is 10.4. The van der Waals surface area contributed by atoms with E-state index in [1.54, 1.807) is 7.11 Å². The van der Waals surface area contributed by atoms with E-state index in [2.05, 4.69) is 21.2 Å². The number of ether oxygens (including phenoxy) is 1. The maximum Gasteiger partial charge on any atom is 0.303 e. The van der Waals surface area contributed by atoms with Crippen molar-refractivity contribution in [2.75, 3.05) is 19.0 Å². The summed E-state index contributed by atoms with van der Waals surface area (Å²) in [6.45, 7) is 0.833. The smallest absolute Gasteiger partial charge is 0.303 e. The highest BCUT2D eigenvalue weighted by Gasteiger charge is 2.00. The average molecular weight is 316 g/mol. The van der Waals surface area contributed by atoms with Gasteiger partial charge in [0.25, 0.3) is 0 Å². The molecule has 4 nitrogen and oxygen atoms in total. The van der Waals surface area contributed by atoms with Crippen molar-refractivity contribution >= 4 is 27.6 Å². The van der Waals surface area contributed by atoms with Crippen LogP contribution in [0.25, 0.3) is 0 Å². The summed E-state index contributed by atoms with van der Waals surface area (Å²) in [5.41, 5.74) is 0.999. The van der Waals surface area contributed by atoms with Gasteiger partial charge < -0.3 is 15.2 Å². The van der Waals surface area contributed by atoms with Gasteiger partial charge in [0.2, 0.25) is 0 Å². The summed E-state index contributed by atoms with van der Waals surface area (Å²) in [6.07, 6.45) is 2.87. The zero-order chi connectivity index (χ0) is 13.4. The molecule has 0 aromatic heterocycles. The molecule has 0 aliphatic heterocycles. The first-order valence-electron chi connectivity index (χ1n) is 5.92. The fraction of sp³-hybridized carbons (Fsp3) is 0.462. The van der Waals surface area contributed by atoms with Gasteiger partial charge in [-0.25, -0.2) is 0 Å². The van der Waals surface area contributed by atoms with Crippen LogP contribution in [0.5, 0.6) is 5.75 Å². The van der Waals surface area contributed by atoms with Gasteiger partial charge in [0.05, 0.1) is 7.11 Å². The molecule has 0 saturated heterocycles. The van der Waals surface area contributed by atoms with Crippen molar-refractivity contribution in [2.24, 2.45) is 0 Å². The number of rotatable bonds is 8. The summed E-state index contributed by atoms with van der Waals surface area (Å²) in [6, 6.07) is 5.82. The van der Waals surface area contributed by atoms with E-state index in [0.29, 0.717) is 0 Å². The number of hydrogen-bond acceptors (Lipinski definition) is 3. The first-order valence-corrected chi connectivity index (χ1v) is 6.71. The second kappa shape index (κ2) is 7.97. The number of halogens is 1. The van der Waals surface area contributed by atoms with Crippen LogP contribution in [0.3, 0.4) is 0 Å². The molecule has 1 aromatic carbocycles. The number of unbranched alkanes of at least 4 members (excludes halogenated alkanes) is 2. The van der Waals surface area contributed by atoms with Crippen molar-refractivity contribution in [1.29, 1.82) is 0 Å². The Kier molecular flexibility index (Phi) is 6.57. The highest BCUT2D eigenvalue weighted by atomic mass is 79.9. The molecule has 0 aliphatic rings. The van der Waals surface area contributed by atoms with Gasteiger partial charge in [-0.3, -0.25) is 4.79 Å². The van der Waals surface area contributed by atoms with E-state index in [4.69, 9.17) is 9.84 Å². The number of carboxylic acids is 1. The molecule has 100 valence electrons. The van der Waals surface area contributed by atoms with Gasteiger partial charge in [-0.15, -0.1) is 0 Å². The van der Waals surface area contributed by atoms with Gasteiger partial charge in [0.15, 0.2) is 0 Å². The largest absolute Gasteiger partial charge is 0.497 e. The lowest BCUT2D eigenvalue weighted by Gasteiger charge is -2.08. The van der Waals surface area contributed by atoms with Crippen LogP contribution in [0.2, 0.25) is 0 Å². The van der Waals surface area contributed by atoms with Crippen molar-refractivity contribution in [3.63, 3.8) is 0 Å². The highest BCUT2D eigenvalue weighted by Crippen LogP contribution is 2.24. The molecule has 0 amide bonds. The fourth-order valence-electron chi connectivity index (χ4n) is 1.59. The summed E-state index contributed by atoms with van der Waals surface area (Å²) in [4.78, 5) is 10.3. The lowest BCUT2D eigenvalue weighted by atomic mass is 10.2. The van der Waals surface area contributed by atoms with Gasteiger partial charge in [0, 0.05) is 29.2 Å². The van der Waals surface area contributed by atoms with Gasteiger partial charge in [0.1, 0.15) is 5.75 Å². The Balaban J connectivity index is 2.26.